The smallest absolute Gasteiger partial charge is 0.286 e. The molecule has 0 aliphatic rings. The highest BCUT2D eigenvalue weighted by Crippen LogP contribution is 2.02. The number of carbonyl (C=O) groups excluding carboxylic acids is 1. The van der Waals surface area contributed by atoms with Crippen LogP contribution in [0.3, 0.4) is 0 Å². The van der Waals surface area contributed by atoms with E-state index in [0.717, 1.165) is 25.7 Å². The first-order chi connectivity index (χ1) is 6.72. The predicted octanol–water partition coefficient (Wildman–Crippen LogP) is 3.97. The fraction of sp³-hybridized carbons (Fsp3) is 0.545. The standard InChI is InChI=1S/C11H19NOS/c1-3-5-7-9-12(11(13)14)10-8-6-4-2/h7-10H,3-6H2,1-2H3,(H,13,14). The first-order valence-corrected chi connectivity index (χ1v) is 5.51. The monoisotopic (exact) mass is 213 g/mol. The summed E-state index contributed by atoms with van der Waals surface area (Å²) in [6.07, 6.45) is 11.6. The summed E-state index contributed by atoms with van der Waals surface area (Å²) in [5.41, 5.74) is 0. The zero-order chi connectivity index (χ0) is 10.8. The van der Waals surface area contributed by atoms with Gasteiger partial charge < -0.3 is 0 Å². The van der Waals surface area contributed by atoms with Gasteiger partial charge in [-0.3, -0.25) is 9.69 Å². The van der Waals surface area contributed by atoms with Gasteiger partial charge in [0.05, 0.1) is 0 Å². The molecule has 1 amide bonds. The number of allylic oxidation sites excluding steroid dienone is 2. The Hall–Kier alpha value is -0.700. The number of hydrogen-bond acceptors (Lipinski definition) is 1. The van der Waals surface area contributed by atoms with Gasteiger partial charge >= 0.3 is 0 Å². The number of hydrogen-bond donors (Lipinski definition) is 1. The van der Waals surface area contributed by atoms with Crippen molar-refractivity contribution >= 4 is 17.9 Å². The van der Waals surface area contributed by atoms with Gasteiger partial charge in [0.15, 0.2) is 0 Å². The maximum absolute atomic E-state index is 11.0. The van der Waals surface area contributed by atoms with Gasteiger partial charge in [-0.1, -0.05) is 51.5 Å². The third-order valence-electron chi connectivity index (χ3n) is 1.66. The van der Waals surface area contributed by atoms with Crippen LogP contribution in [0.1, 0.15) is 39.5 Å². The first kappa shape index (κ1) is 13.3. The Morgan fingerprint density at radius 2 is 1.57 bits per heavy atom. The Kier molecular flexibility index (Phi) is 8.43. The molecule has 0 saturated carbocycles. The van der Waals surface area contributed by atoms with Crippen LogP contribution in [-0.2, 0) is 0 Å². The Bertz CT molecular complexity index is 195. The molecule has 0 aliphatic carbocycles. The van der Waals surface area contributed by atoms with Crippen molar-refractivity contribution in [2.45, 2.75) is 39.5 Å². The number of unbranched alkanes of at least 4 members (excludes halogenated alkanes) is 2. The zero-order valence-electron chi connectivity index (χ0n) is 8.94. The SMILES string of the molecule is CCCC=CN(C=CCCC)C(=O)S. The maximum atomic E-state index is 11.0. The summed E-state index contributed by atoms with van der Waals surface area (Å²) in [5, 5.41) is -0.246. The van der Waals surface area contributed by atoms with Crippen LogP contribution >= 0.6 is 12.6 Å². The maximum Gasteiger partial charge on any atom is 0.286 e. The van der Waals surface area contributed by atoms with E-state index in [1.807, 2.05) is 12.2 Å². The Labute approximate surface area is 92.1 Å². The van der Waals surface area contributed by atoms with Gasteiger partial charge in [0, 0.05) is 12.4 Å². The van der Waals surface area contributed by atoms with Crippen LogP contribution in [0.4, 0.5) is 4.79 Å². The van der Waals surface area contributed by atoms with Gasteiger partial charge in [-0.05, 0) is 12.8 Å². The minimum absolute atomic E-state index is 0.246. The molecular formula is C11H19NOS. The van der Waals surface area contributed by atoms with E-state index < -0.39 is 0 Å². The van der Waals surface area contributed by atoms with E-state index in [1.54, 1.807) is 12.4 Å². The van der Waals surface area contributed by atoms with Gasteiger partial charge in [-0.15, -0.1) is 0 Å². The average molecular weight is 213 g/mol. The Morgan fingerprint density at radius 1 is 1.14 bits per heavy atom. The van der Waals surface area contributed by atoms with Crippen molar-refractivity contribution < 1.29 is 4.79 Å². The molecule has 0 aromatic heterocycles. The van der Waals surface area contributed by atoms with Crippen molar-refractivity contribution in [3.63, 3.8) is 0 Å². The van der Waals surface area contributed by atoms with Crippen LogP contribution in [0.5, 0.6) is 0 Å². The van der Waals surface area contributed by atoms with Crippen LogP contribution in [0.25, 0.3) is 0 Å². The third-order valence-corrected chi connectivity index (χ3v) is 1.89. The van der Waals surface area contributed by atoms with E-state index in [4.69, 9.17) is 0 Å². The molecule has 0 saturated heterocycles. The summed E-state index contributed by atoms with van der Waals surface area (Å²) < 4.78 is 0. The highest BCUT2D eigenvalue weighted by molar-refractivity contribution is 7.96. The van der Waals surface area contributed by atoms with E-state index in [0.29, 0.717) is 0 Å². The molecule has 0 N–H and O–H groups in total. The average Bonchev–Trinajstić information content (AvgIpc) is 2.15. The predicted molar refractivity (Wildman–Crippen MR) is 64.3 cm³/mol. The number of thiol groups is 1. The molecule has 2 nitrogen and oxygen atoms in total. The van der Waals surface area contributed by atoms with Crippen molar-refractivity contribution in [2.24, 2.45) is 0 Å². The highest BCUT2D eigenvalue weighted by atomic mass is 32.1. The van der Waals surface area contributed by atoms with Crippen LogP contribution < -0.4 is 0 Å². The van der Waals surface area contributed by atoms with Crippen molar-refractivity contribution in [3.05, 3.63) is 24.6 Å². The van der Waals surface area contributed by atoms with E-state index >= 15 is 0 Å². The van der Waals surface area contributed by atoms with Gasteiger partial charge in [0.25, 0.3) is 5.24 Å². The Balaban J connectivity index is 4.08. The topological polar surface area (TPSA) is 20.3 Å². The molecule has 0 unspecified atom stereocenters. The fourth-order valence-electron chi connectivity index (χ4n) is 0.887. The summed E-state index contributed by atoms with van der Waals surface area (Å²) in [7, 11) is 0. The minimum atomic E-state index is -0.246. The molecule has 3 heteroatoms. The molecular weight excluding hydrogens is 194 g/mol. The minimum Gasteiger partial charge on any atom is -0.286 e. The molecule has 0 heterocycles. The quantitative estimate of drug-likeness (QED) is 0.662. The highest BCUT2D eigenvalue weighted by Gasteiger charge is 1.99. The molecule has 0 rings (SSSR count). The summed E-state index contributed by atoms with van der Waals surface area (Å²) in [4.78, 5) is 12.5. The van der Waals surface area contributed by atoms with Crippen molar-refractivity contribution in [3.8, 4) is 0 Å². The molecule has 0 aromatic rings. The second-order valence-corrected chi connectivity index (χ2v) is 3.42. The number of carbonyl (C=O) groups is 1. The second-order valence-electron chi connectivity index (χ2n) is 3.04. The second kappa shape index (κ2) is 8.88. The van der Waals surface area contributed by atoms with E-state index in [1.165, 1.54) is 4.90 Å². The van der Waals surface area contributed by atoms with E-state index in [9.17, 15) is 4.79 Å². The van der Waals surface area contributed by atoms with Crippen molar-refractivity contribution in [1.29, 1.82) is 0 Å². The van der Waals surface area contributed by atoms with Gasteiger partial charge in [-0.25, -0.2) is 0 Å². The summed E-state index contributed by atoms with van der Waals surface area (Å²) in [6.45, 7) is 4.20. The van der Waals surface area contributed by atoms with E-state index in [-0.39, 0.29) is 5.24 Å². The molecule has 0 aliphatic heterocycles. The largest absolute Gasteiger partial charge is 0.286 e. The first-order valence-electron chi connectivity index (χ1n) is 5.07. The third kappa shape index (κ3) is 6.78. The summed E-state index contributed by atoms with van der Waals surface area (Å²) in [5.74, 6) is 0. The lowest BCUT2D eigenvalue weighted by Gasteiger charge is -2.08. The van der Waals surface area contributed by atoms with Gasteiger partial charge in [-0.2, -0.15) is 0 Å². The fourth-order valence-corrected chi connectivity index (χ4v) is 1.02. The van der Waals surface area contributed by atoms with Crippen LogP contribution in [0, 0.1) is 0 Å². The van der Waals surface area contributed by atoms with Crippen LogP contribution in [0.2, 0.25) is 0 Å². The van der Waals surface area contributed by atoms with Gasteiger partial charge in [0.1, 0.15) is 0 Å². The van der Waals surface area contributed by atoms with E-state index in [2.05, 4.69) is 26.5 Å². The number of rotatable bonds is 6. The zero-order valence-corrected chi connectivity index (χ0v) is 9.83. The Morgan fingerprint density at radius 3 is 1.86 bits per heavy atom. The molecule has 14 heavy (non-hydrogen) atoms. The van der Waals surface area contributed by atoms with Crippen molar-refractivity contribution in [2.75, 3.05) is 0 Å². The lowest BCUT2D eigenvalue weighted by Crippen LogP contribution is -2.11. The number of amides is 1. The molecule has 80 valence electrons. The normalized spacial score (nSPS) is 11.4. The van der Waals surface area contributed by atoms with Crippen LogP contribution in [0.15, 0.2) is 24.6 Å². The summed E-state index contributed by atoms with van der Waals surface area (Å²) >= 11 is 3.78. The molecule has 0 atom stereocenters. The molecule has 0 aromatic carbocycles. The van der Waals surface area contributed by atoms with Crippen molar-refractivity contribution in [1.82, 2.24) is 4.90 Å². The molecule has 0 radical (unpaired) electrons. The summed E-state index contributed by atoms with van der Waals surface area (Å²) in [6, 6.07) is 0. The van der Waals surface area contributed by atoms with Gasteiger partial charge in [0.2, 0.25) is 0 Å². The lowest BCUT2D eigenvalue weighted by molar-refractivity contribution is 0.249. The molecule has 0 bridgehead atoms. The lowest BCUT2D eigenvalue weighted by atomic mass is 10.3. The molecule has 0 fully saturated rings. The van der Waals surface area contributed by atoms with Crippen LogP contribution in [-0.4, -0.2) is 10.1 Å². The number of nitrogens with zero attached hydrogens (tertiary/aromatic N) is 1. The molecule has 0 spiro atoms.